The summed E-state index contributed by atoms with van der Waals surface area (Å²) in [7, 11) is 0. The van der Waals surface area contributed by atoms with Gasteiger partial charge in [0, 0.05) is 16.8 Å². The van der Waals surface area contributed by atoms with Crippen LogP contribution in [-0.4, -0.2) is 4.98 Å². The molecule has 2 N–H and O–H groups in total. The summed E-state index contributed by atoms with van der Waals surface area (Å²) in [6.45, 7) is 6.32. The van der Waals surface area contributed by atoms with Gasteiger partial charge >= 0.3 is 0 Å². The predicted molar refractivity (Wildman–Crippen MR) is 65.0 cm³/mol. The van der Waals surface area contributed by atoms with Crippen LogP contribution in [0, 0.1) is 6.92 Å². The lowest BCUT2D eigenvalue weighted by Gasteiger charge is -2.09. The van der Waals surface area contributed by atoms with Gasteiger partial charge in [-0.25, -0.2) is 0 Å². The normalized spacial score (nSPS) is 11.2. The molecular formula is C13H16N2. The molecule has 0 radical (unpaired) electrons. The molecule has 15 heavy (non-hydrogen) atoms. The number of hydrogen-bond acceptors (Lipinski definition) is 2. The number of pyridine rings is 1. The summed E-state index contributed by atoms with van der Waals surface area (Å²) in [5, 5.41) is 1.06. The smallest absolute Gasteiger partial charge is 0.0726 e. The Morgan fingerprint density at radius 2 is 1.93 bits per heavy atom. The van der Waals surface area contributed by atoms with Crippen molar-refractivity contribution in [3.63, 3.8) is 0 Å². The SMILES string of the molecule is Cc1ccc2nc(C(C)C)cc(N)c2c1. The monoisotopic (exact) mass is 200 g/mol. The number of rotatable bonds is 1. The van der Waals surface area contributed by atoms with Crippen molar-refractivity contribution in [1.82, 2.24) is 4.98 Å². The Hall–Kier alpha value is -1.57. The Morgan fingerprint density at radius 3 is 2.60 bits per heavy atom. The highest BCUT2D eigenvalue weighted by molar-refractivity contribution is 5.90. The van der Waals surface area contributed by atoms with Crippen LogP contribution in [0.15, 0.2) is 24.3 Å². The second kappa shape index (κ2) is 3.54. The molecular weight excluding hydrogens is 184 g/mol. The Kier molecular flexibility index (Phi) is 2.35. The molecule has 0 atom stereocenters. The standard InChI is InChI=1S/C13H16N2/c1-8(2)13-7-11(14)10-6-9(3)4-5-12(10)15-13/h4-8H,1-3H3,(H2,14,15). The quantitative estimate of drug-likeness (QED) is 0.767. The molecule has 1 heterocycles. The van der Waals surface area contributed by atoms with Crippen molar-refractivity contribution in [2.45, 2.75) is 26.7 Å². The minimum atomic E-state index is 0.415. The first-order valence-corrected chi connectivity index (χ1v) is 5.24. The number of nitrogens with zero attached hydrogens (tertiary/aromatic N) is 1. The lowest BCUT2D eigenvalue weighted by Crippen LogP contribution is -1.97. The fourth-order valence-corrected chi connectivity index (χ4v) is 1.68. The van der Waals surface area contributed by atoms with E-state index in [0.717, 1.165) is 22.3 Å². The lowest BCUT2D eigenvalue weighted by atomic mass is 10.1. The number of anilines is 1. The molecule has 2 nitrogen and oxygen atoms in total. The number of benzene rings is 1. The van der Waals surface area contributed by atoms with Gasteiger partial charge in [0.1, 0.15) is 0 Å². The van der Waals surface area contributed by atoms with Gasteiger partial charge in [0.15, 0.2) is 0 Å². The van der Waals surface area contributed by atoms with Gasteiger partial charge in [0.25, 0.3) is 0 Å². The van der Waals surface area contributed by atoms with Crippen molar-refractivity contribution in [3.05, 3.63) is 35.5 Å². The summed E-state index contributed by atoms with van der Waals surface area (Å²) in [5.41, 5.74) is 10.1. The third kappa shape index (κ3) is 1.80. The predicted octanol–water partition coefficient (Wildman–Crippen LogP) is 3.25. The number of nitrogens with two attached hydrogens (primary N) is 1. The highest BCUT2D eigenvalue weighted by atomic mass is 14.7. The van der Waals surface area contributed by atoms with Gasteiger partial charge in [-0.1, -0.05) is 25.5 Å². The van der Waals surface area contributed by atoms with E-state index in [1.807, 2.05) is 12.1 Å². The largest absolute Gasteiger partial charge is 0.398 e. The average molecular weight is 200 g/mol. The van der Waals surface area contributed by atoms with Gasteiger partial charge in [0.2, 0.25) is 0 Å². The first-order valence-electron chi connectivity index (χ1n) is 5.24. The molecule has 0 aliphatic heterocycles. The second-order valence-corrected chi connectivity index (χ2v) is 4.31. The van der Waals surface area contributed by atoms with Crippen molar-refractivity contribution >= 4 is 16.6 Å². The molecule has 0 bridgehead atoms. The zero-order chi connectivity index (χ0) is 11.0. The zero-order valence-electron chi connectivity index (χ0n) is 9.41. The number of hydrogen-bond donors (Lipinski definition) is 1. The first-order chi connectivity index (χ1) is 7.08. The molecule has 78 valence electrons. The van der Waals surface area contributed by atoms with Gasteiger partial charge in [-0.2, -0.15) is 0 Å². The molecule has 1 aromatic heterocycles. The van der Waals surface area contributed by atoms with E-state index in [9.17, 15) is 0 Å². The number of aromatic nitrogens is 1. The van der Waals surface area contributed by atoms with E-state index in [4.69, 9.17) is 5.73 Å². The van der Waals surface area contributed by atoms with Crippen LogP contribution in [0.4, 0.5) is 5.69 Å². The molecule has 2 aromatic rings. The Morgan fingerprint density at radius 1 is 1.20 bits per heavy atom. The van der Waals surface area contributed by atoms with Gasteiger partial charge in [-0.3, -0.25) is 4.98 Å². The van der Waals surface area contributed by atoms with Gasteiger partial charge < -0.3 is 5.73 Å². The molecule has 0 fully saturated rings. The molecule has 2 heteroatoms. The molecule has 0 spiro atoms. The minimum Gasteiger partial charge on any atom is -0.398 e. The lowest BCUT2D eigenvalue weighted by molar-refractivity contribution is 0.830. The Labute approximate surface area is 90.1 Å². The fraction of sp³-hybridized carbons (Fsp3) is 0.308. The van der Waals surface area contributed by atoms with E-state index in [1.165, 1.54) is 5.56 Å². The molecule has 0 unspecified atom stereocenters. The maximum absolute atomic E-state index is 6.02. The molecule has 0 aliphatic rings. The van der Waals surface area contributed by atoms with Crippen LogP contribution >= 0.6 is 0 Å². The van der Waals surface area contributed by atoms with Crippen molar-refractivity contribution < 1.29 is 0 Å². The summed E-state index contributed by atoms with van der Waals surface area (Å²) in [5.74, 6) is 0.415. The van der Waals surface area contributed by atoms with E-state index in [2.05, 4.69) is 37.9 Å². The summed E-state index contributed by atoms with van der Waals surface area (Å²) in [6, 6.07) is 8.17. The van der Waals surface area contributed by atoms with Crippen LogP contribution in [0.5, 0.6) is 0 Å². The van der Waals surface area contributed by atoms with Crippen LogP contribution in [0.3, 0.4) is 0 Å². The van der Waals surface area contributed by atoms with Crippen LogP contribution in [-0.2, 0) is 0 Å². The van der Waals surface area contributed by atoms with Crippen molar-refractivity contribution in [2.75, 3.05) is 5.73 Å². The van der Waals surface area contributed by atoms with Crippen molar-refractivity contribution in [1.29, 1.82) is 0 Å². The van der Waals surface area contributed by atoms with Gasteiger partial charge in [-0.05, 0) is 31.0 Å². The summed E-state index contributed by atoms with van der Waals surface area (Å²) < 4.78 is 0. The van der Waals surface area contributed by atoms with Crippen molar-refractivity contribution in [2.24, 2.45) is 0 Å². The highest BCUT2D eigenvalue weighted by Crippen LogP contribution is 2.24. The average Bonchev–Trinajstić information content (AvgIpc) is 2.18. The van der Waals surface area contributed by atoms with Gasteiger partial charge in [-0.15, -0.1) is 0 Å². The number of aryl methyl sites for hydroxylation is 1. The Bertz CT molecular complexity index is 501. The maximum atomic E-state index is 6.02. The van der Waals surface area contributed by atoms with Crippen molar-refractivity contribution in [3.8, 4) is 0 Å². The number of nitrogen functional groups attached to an aromatic ring is 1. The third-order valence-corrected chi connectivity index (χ3v) is 2.61. The maximum Gasteiger partial charge on any atom is 0.0726 e. The molecule has 0 saturated heterocycles. The van der Waals surface area contributed by atoms with Crippen LogP contribution in [0.1, 0.15) is 31.0 Å². The van der Waals surface area contributed by atoms with E-state index in [1.54, 1.807) is 0 Å². The number of fused-ring (bicyclic) bond motifs is 1. The van der Waals surface area contributed by atoms with Crippen LogP contribution < -0.4 is 5.73 Å². The molecule has 1 aromatic carbocycles. The topological polar surface area (TPSA) is 38.9 Å². The Balaban J connectivity index is 2.73. The summed E-state index contributed by atoms with van der Waals surface area (Å²) in [4.78, 5) is 4.60. The minimum absolute atomic E-state index is 0.415. The third-order valence-electron chi connectivity index (χ3n) is 2.61. The fourth-order valence-electron chi connectivity index (χ4n) is 1.68. The van der Waals surface area contributed by atoms with E-state index < -0.39 is 0 Å². The van der Waals surface area contributed by atoms with Gasteiger partial charge in [0.05, 0.1) is 5.52 Å². The molecule has 0 aliphatic carbocycles. The second-order valence-electron chi connectivity index (χ2n) is 4.31. The summed E-state index contributed by atoms with van der Waals surface area (Å²) >= 11 is 0. The first kappa shape index (κ1) is 9.97. The molecule has 0 saturated carbocycles. The van der Waals surface area contributed by atoms with E-state index in [-0.39, 0.29) is 0 Å². The molecule has 2 rings (SSSR count). The highest BCUT2D eigenvalue weighted by Gasteiger charge is 2.06. The van der Waals surface area contributed by atoms with Crippen LogP contribution in [0.25, 0.3) is 10.9 Å². The van der Waals surface area contributed by atoms with E-state index in [0.29, 0.717) is 5.92 Å². The van der Waals surface area contributed by atoms with E-state index >= 15 is 0 Å². The van der Waals surface area contributed by atoms with Crippen LogP contribution in [0.2, 0.25) is 0 Å². The summed E-state index contributed by atoms with van der Waals surface area (Å²) in [6.07, 6.45) is 0. The molecule has 0 amide bonds. The zero-order valence-corrected chi connectivity index (χ0v) is 9.41.